The van der Waals surface area contributed by atoms with Crippen molar-refractivity contribution in [1.29, 1.82) is 0 Å². The molecule has 3 nitrogen and oxygen atoms in total. The van der Waals surface area contributed by atoms with Crippen molar-refractivity contribution in [3.05, 3.63) is 71.2 Å². The monoisotopic (exact) mass is 390 g/mol. The minimum atomic E-state index is -4.39. The zero-order chi connectivity index (χ0) is 19.9. The number of rotatable bonds is 4. The SMILES string of the molecule is O=C(NC1CCC1)c1cc(F)cc2ccn(Cc3ccc(C(F)(F)F)cc3)c12. The van der Waals surface area contributed by atoms with Crippen LogP contribution in [-0.2, 0) is 12.7 Å². The number of fused-ring (bicyclic) bond motifs is 1. The van der Waals surface area contributed by atoms with Gasteiger partial charge in [0.05, 0.1) is 16.6 Å². The number of benzene rings is 2. The smallest absolute Gasteiger partial charge is 0.349 e. The van der Waals surface area contributed by atoms with Crippen LogP contribution in [0.3, 0.4) is 0 Å². The molecule has 0 saturated heterocycles. The van der Waals surface area contributed by atoms with Crippen LogP contribution in [0.5, 0.6) is 0 Å². The maximum Gasteiger partial charge on any atom is 0.416 e. The molecular weight excluding hydrogens is 372 g/mol. The molecule has 1 amide bonds. The number of hydrogen-bond donors (Lipinski definition) is 1. The fourth-order valence-corrected chi connectivity index (χ4v) is 3.43. The van der Waals surface area contributed by atoms with Crippen LogP contribution in [0.2, 0.25) is 0 Å². The summed E-state index contributed by atoms with van der Waals surface area (Å²) in [7, 11) is 0. The molecule has 1 aliphatic rings. The molecule has 3 aromatic rings. The van der Waals surface area contributed by atoms with Crippen molar-refractivity contribution in [2.24, 2.45) is 0 Å². The molecule has 0 unspecified atom stereocenters. The van der Waals surface area contributed by atoms with Crippen molar-refractivity contribution in [1.82, 2.24) is 9.88 Å². The Kier molecular flexibility index (Phi) is 4.61. The van der Waals surface area contributed by atoms with Crippen molar-refractivity contribution in [2.75, 3.05) is 0 Å². The van der Waals surface area contributed by atoms with Gasteiger partial charge in [-0.25, -0.2) is 4.39 Å². The van der Waals surface area contributed by atoms with E-state index in [0.717, 1.165) is 31.4 Å². The number of nitrogens with zero attached hydrogens (tertiary/aromatic N) is 1. The summed E-state index contributed by atoms with van der Waals surface area (Å²) in [6.45, 7) is 0.275. The molecule has 1 aromatic heterocycles. The van der Waals surface area contributed by atoms with Crippen molar-refractivity contribution >= 4 is 16.8 Å². The molecule has 0 spiro atoms. The Hall–Kier alpha value is -2.83. The van der Waals surface area contributed by atoms with Crippen molar-refractivity contribution < 1.29 is 22.4 Å². The number of amides is 1. The minimum Gasteiger partial charge on any atom is -0.349 e. The highest BCUT2D eigenvalue weighted by atomic mass is 19.4. The van der Waals surface area contributed by atoms with E-state index in [2.05, 4.69) is 5.32 Å². The van der Waals surface area contributed by atoms with E-state index in [4.69, 9.17) is 0 Å². The normalized spacial score (nSPS) is 14.9. The lowest BCUT2D eigenvalue weighted by atomic mass is 9.93. The summed E-state index contributed by atoms with van der Waals surface area (Å²) in [5.74, 6) is -0.833. The first-order valence-electron chi connectivity index (χ1n) is 9.06. The van der Waals surface area contributed by atoms with Gasteiger partial charge < -0.3 is 9.88 Å². The highest BCUT2D eigenvalue weighted by Gasteiger charge is 2.30. The lowest BCUT2D eigenvalue weighted by molar-refractivity contribution is -0.137. The predicted molar refractivity (Wildman–Crippen MR) is 97.5 cm³/mol. The Bertz CT molecular complexity index is 1020. The van der Waals surface area contributed by atoms with E-state index >= 15 is 0 Å². The molecule has 0 aliphatic heterocycles. The summed E-state index contributed by atoms with van der Waals surface area (Å²) >= 11 is 0. The van der Waals surface area contributed by atoms with Gasteiger partial charge >= 0.3 is 6.18 Å². The molecule has 1 fully saturated rings. The van der Waals surface area contributed by atoms with Gasteiger partial charge in [-0.2, -0.15) is 13.2 Å². The average Bonchev–Trinajstić information content (AvgIpc) is 2.99. The van der Waals surface area contributed by atoms with Gasteiger partial charge in [-0.3, -0.25) is 4.79 Å². The zero-order valence-electron chi connectivity index (χ0n) is 14.9. The van der Waals surface area contributed by atoms with Crippen LogP contribution in [0.1, 0.15) is 40.7 Å². The zero-order valence-corrected chi connectivity index (χ0v) is 14.9. The molecule has 28 heavy (non-hydrogen) atoms. The van der Waals surface area contributed by atoms with E-state index < -0.39 is 17.6 Å². The van der Waals surface area contributed by atoms with Crippen molar-refractivity contribution in [3.8, 4) is 0 Å². The van der Waals surface area contributed by atoms with Gasteiger partial charge in [-0.05, 0) is 55.2 Å². The van der Waals surface area contributed by atoms with Crippen LogP contribution in [0, 0.1) is 5.82 Å². The van der Waals surface area contributed by atoms with Crippen LogP contribution in [0.25, 0.3) is 10.9 Å². The molecule has 4 rings (SSSR count). The maximum atomic E-state index is 14.0. The van der Waals surface area contributed by atoms with Crippen LogP contribution in [-0.4, -0.2) is 16.5 Å². The van der Waals surface area contributed by atoms with E-state index in [1.165, 1.54) is 24.3 Å². The van der Waals surface area contributed by atoms with Gasteiger partial charge in [0.25, 0.3) is 5.91 Å². The molecule has 2 aromatic carbocycles. The lowest BCUT2D eigenvalue weighted by Gasteiger charge is -2.26. The Labute approximate surface area is 159 Å². The Morgan fingerprint density at radius 3 is 2.43 bits per heavy atom. The summed E-state index contributed by atoms with van der Waals surface area (Å²) in [6, 6.07) is 9.25. The van der Waals surface area contributed by atoms with Gasteiger partial charge in [0.1, 0.15) is 5.82 Å². The fourth-order valence-electron chi connectivity index (χ4n) is 3.43. The first kappa shape index (κ1) is 18.5. The molecule has 7 heteroatoms. The predicted octanol–water partition coefficient (Wildman–Crippen LogP) is 5.13. The Balaban J connectivity index is 1.66. The number of carbonyl (C=O) groups excluding carboxylic acids is 1. The highest BCUT2D eigenvalue weighted by Crippen LogP contribution is 2.30. The molecule has 1 saturated carbocycles. The number of nitrogens with one attached hydrogen (secondary N) is 1. The summed E-state index contributed by atoms with van der Waals surface area (Å²) < 4.78 is 54.0. The van der Waals surface area contributed by atoms with Gasteiger partial charge in [-0.1, -0.05) is 12.1 Å². The minimum absolute atomic E-state index is 0.115. The number of aromatic nitrogens is 1. The topological polar surface area (TPSA) is 34.0 Å². The molecule has 1 heterocycles. The Morgan fingerprint density at radius 1 is 1.11 bits per heavy atom. The highest BCUT2D eigenvalue weighted by molar-refractivity contribution is 6.06. The van der Waals surface area contributed by atoms with Crippen molar-refractivity contribution in [2.45, 2.75) is 38.0 Å². The van der Waals surface area contributed by atoms with Gasteiger partial charge in [0, 0.05) is 24.2 Å². The molecule has 0 atom stereocenters. The Morgan fingerprint density at radius 2 is 1.82 bits per heavy atom. The summed E-state index contributed by atoms with van der Waals surface area (Å²) in [5.41, 5.74) is 0.744. The van der Waals surface area contributed by atoms with Crippen LogP contribution in [0.15, 0.2) is 48.7 Å². The first-order chi connectivity index (χ1) is 13.3. The largest absolute Gasteiger partial charge is 0.416 e. The van der Waals surface area contributed by atoms with Gasteiger partial charge in [0.15, 0.2) is 0 Å². The van der Waals surface area contributed by atoms with Crippen LogP contribution in [0.4, 0.5) is 17.6 Å². The number of carbonyl (C=O) groups is 1. The van der Waals surface area contributed by atoms with Crippen molar-refractivity contribution in [3.63, 3.8) is 0 Å². The fraction of sp³-hybridized carbons (Fsp3) is 0.286. The molecule has 146 valence electrons. The lowest BCUT2D eigenvalue weighted by Crippen LogP contribution is -2.39. The average molecular weight is 390 g/mol. The maximum absolute atomic E-state index is 14.0. The van der Waals surface area contributed by atoms with E-state index in [1.807, 2.05) is 0 Å². The summed E-state index contributed by atoms with van der Waals surface area (Å²) in [4.78, 5) is 12.7. The molecule has 1 aliphatic carbocycles. The van der Waals surface area contributed by atoms with E-state index in [1.54, 1.807) is 16.8 Å². The third-order valence-corrected chi connectivity index (χ3v) is 5.14. The molecular formula is C21H18F4N2O. The first-order valence-corrected chi connectivity index (χ1v) is 9.06. The van der Waals surface area contributed by atoms with Crippen LogP contribution < -0.4 is 5.32 Å². The van der Waals surface area contributed by atoms with E-state index in [-0.39, 0.29) is 24.1 Å². The van der Waals surface area contributed by atoms with Gasteiger partial charge in [-0.15, -0.1) is 0 Å². The quantitative estimate of drug-likeness (QED) is 0.616. The second-order valence-electron chi connectivity index (χ2n) is 7.13. The number of hydrogen-bond acceptors (Lipinski definition) is 1. The van der Waals surface area contributed by atoms with E-state index in [0.29, 0.717) is 16.5 Å². The third kappa shape index (κ3) is 3.61. The second kappa shape index (κ2) is 6.96. The van der Waals surface area contributed by atoms with E-state index in [9.17, 15) is 22.4 Å². The summed E-state index contributed by atoms with van der Waals surface area (Å²) in [6.07, 6.45) is 0.215. The number of halogens is 4. The van der Waals surface area contributed by atoms with Gasteiger partial charge in [0.2, 0.25) is 0 Å². The standard InChI is InChI=1S/C21H18F4N2O/c22-16-10-14-8-9-27(12-13-4-6-15(7-5-13)21(23,24)25)19(14)18(11-16)20(28)26-17-2-1-3-17/h4-11,17H,1-3,12H2,(H,26,28). The molecule has 0 bridgehead atoms. The third-order valence-electron chi connectivity index (χ3n) is 5.14. The molecule has 0 radical (unpaired) electrons. The number of alkyl halides is 3. The second-order valence-corrected chi connectivity index (χ2v) is 7.13. The summed E-state index contributed by atoms with van der Waals surface area (Å²) in [5, 5.41) is 3.49. The molecule has 1 N–H and O–H groups in total. The van der Waals surface area contributed by atoms with Crippen LogP contribution >= 0.6 is 0 Å².